The van der Waals surface area contributed by atoms with Crippen molar-refractivity contribution in [3.63, 3.8) is 0 Å². The van der Waals surface area contributed by atoms with Crippen molar-refractivity contribution in [3.05, 3.63) is 28.8 Å². The molecule has 0 aliphatic rings. The molecule has 15 heavy (non-hydrogen) atoms. The lowest BCUT2D eigenvalue weighted by atomic mass is 10.1. The lowest BCUT2D eigenvalue weighted by Crippen LogP contribution is -2.19. The van der Waals surface area contributed by atoms with Gasteiger partial charge in [-0.2, -0.15) is 0 Å². The average Bonchev–Trinajstić information content (AvgIpc) is 2.26. The van der Waals surface area contributed by atoms with Gasteiger partial charge in [-0.05, 0) is 30.7 Å². The van der Waals surface area contributed by atoms with Crippen molar-refractivity contribution in [3.8, 4) is 5.75 Å². The molecule has 0 amide bonds. The highest BCUT2D eigenvalue weighted by molar-refractivity contribution is 6.31. The van der Waals surface area contributed by atoms with Gasteiger partial charge in [-0.15, -0.1) is 11.6 Å². The molecule has 0 radical (unpaired) electrons. The summed E-state index contributed by atoms with van der Waals surface area (Å²) in [6.07, 6.45) is 0.902. The molecule has 4 heteroatoms. The molecule has 0 fully saturated rings. The smallest absolute Gasteiger partial charge is 0.120 e. The van der Waals surface area contributed by atoms with Gasteiger partial charge in [0, 0.05) is 17.4 Å². The third-order valence-corrected chi connectivity index (χ3v) is 2.64. The summed E-state index contributed by atoms with van der Waals surface area (Å²) >= 11 is 11.6. The predicted molar refractivity (Wildman–Crippen MR) is 65.3 cm³/mol. The first-order valence-corrected chi connectivity index (χ1v) is 5.78. The number of alkyl halides is 1. The molecular formula is C11H15Cl2NO. The zero-order valence-corrected chi connectivity index (χ0v) is 10.2. The number of hydrogen-bond donors (Lipinski definition) is 1. The minimum atomic E-state index is 0.635. The van der Waals surface area contributed by atoms with Crippen LogP contribution in [0, 0.1) is 0 Å². The van der Waals surface area contributed by atoms with Gasteiger partial charge in [0.05, 0.1) is 7.11 Å². The first-order chi connectivity index (χ1) is 7.27. The number of ether oxygens (including phenoxy) is 1. The molecule has 1 N–H and O–H groups in total. The summed E-state index contributed by atoms with van der Waals surface area (Å²) in [5.41, 5.74) is 1.12. The maximum absolute atomic E-state index is 6.09. The number of hydrogen-bond acceptors (Lipinski definition) is 2. The lowest BCUT2D eigenvalue weighted by molar-refractivity contribution is 0.414. The largest absolute Gasteiger partial charge is 0.497 e. The van der Waals surface area contributed by atoms with E-state index < -0.39 is 0 Å². The van der Waals surface area contributed by atoms with Gasteiger partial charge < -0.3 is 10.1 Å². The highest BCUT2D eigenvalue weighted by atomic mass is 35.5. The van der Waals surface area contributed by atoms with Crippen LogP contribution in [0.3, 0.4) is 0 Å². The summed E-state index contributed by atoms with van der Waals surface area (Å²) in [6.45, 7) is 1.72. The molecule has 0 aromatic heterocycles. The topological polar surface area (TPSA) is 21.3 Å². The van der Waals surface area contributed by atoms with Crippen molar-refractivity contribution in [2.24, 2.45) is 0 Å². The van der Waals surface area contributed by atoms with E-state index >= 15 is 0 Å². The van der Waals surface area contributed by atoms with E-state index in [2.05, 4.69) is 5.32 Å². The molecule has 0 heterocycles. The minimum absolute atomic E-state index is 0.635. The Labute approximate surface area is 101 Å². The second-order valence-corrected chi connectivity index (χ2v) is 3.93. The molecule has 2 nitrogen and oxygen atoms in total. The zero-order valence-electron chi connectivity index (χ0n) is 8.72. The van der Waals surface area contributed by atoms with E-state index in [0.29, 0.717) is 5.88 Å². The highest BCUT2D eigenvalue weighted by Gasteiger charge is 2.01. The van der Waals surface area contributed by atoms with Crippen LogP contribution in [0.4, 0.5) is 0 Å². The summed E-state index contributed by atoms with van der Waals surface area (Å²) in [6, 6.07) is 5.74. The third kappa shape index (κ3) is 4.29. The van der Waals surface area contributed by atoms with Gasteiger partial charge in [0.1, 0.15) is 5.75 Å². The molecule has 1 rings (SSSR count). The molecule has 1 aromatic carbocycles. The predicted octanol–water partition coefficient (Wildman–Crippen LogP) is 2.72. The van der Waals surface area contributed by atoms with Crippen LogP contribution in [-0.2, 0) is 6.42 Å². The molecule has 0 aliphatic carbocycles. The Kier molecular flexibility index (Phi) is 5.84. The third-order valence-electron chi connectivity index (χ3n) is 2.10. The number of halogens is 2. The van der Waals surface area contributed by atoms with Gasteiger partial charge in [-0.1, -0.05) is 17.7 Å². The van der Waals surface area contributed by atoms with E-state index in [0.717, 1.165) is 35.8 Å². The van der Waals surface area contributed by atoms with E-state index in [1.807, 2.05) is 18.2 Å². The monoisotopic (exact) mass is 247 g/mol. The Morgan fingerprint density at radius 2 is 2.13 bits per heavy atom. The Balaban J connectivity index is 2.47. The molecule has 0 spiro atoms. The van der Waals surface area contributed by atoms with Crippen LogP contribution in [0.5, 0.6) is 5.75 Å². The van der Waals surface area contributed by atoms with E-state index in [9.17, 15) is 0 Å². The zero-order chi connectivity index (χ0) is 11.1. The van der Waals surface area contributed by atoms with Crippen LogP contribution in [0.25, 0.3) is 0 Å². The van der Waals surface area contributed by atoms with Crippen molar-refractivity contribution in [1.29, 1.82) is 0 Å². The van der Waals surface area contributed by atoms with Gasteiger partial charge >= 0.3 is 0 Å². The second kappa shape index (κ2) is 6.94. The van der Waals surface area contributed by atoms with E-state index in [4.69, 9.17) is 27.9 Å². The Morgan fingerprint density at radius 1 is 1.33 bits per heavy atom. The normalized spacial score (nSPS) is 10.3. The molecule has 0 saturated heterocycles. The summed E-state index contributed by atoms with van der Waals surface area (Å²) in [4.78, 5) is 0. The fraction of sp³-hybridized carbons (Fsp3) is 0.455. The summed E-state index contributed by atoms with van der Waals surface area (Å²) in [5, 5.41) is 3.97. The first kappa shape index (κ1) is 12.6. The van der Waals surface area contributed by atoms with Crippen LogP contribution in [0.2, 0.25) is 5.02 Å². The molecule has 0 saturated carbocycles. The molecule has 1 aromatic rings. The quantitative estimate of drug-likeness (QED) is 0.617. The second-order valence-electron chi connectivity index (χ2n) is 3.15. The van der Waals surface area contributed by atoms with Crippen LogP contribution in [-0.4, -0.2) is 26.1 Å². The summed E-state index contributed by atoms with van der Waals surface area (Å²) < 4.78 is 5.08. The van der Waals surface area contributed by atoms with Gasteiger partial charge in [-0.25, -0.2) is 0 Å². The fourth-order valence-corrected chi connectivity index (χ4v) is 1.67. The summed E-state index contributed by atoms with van der Waals surface area (Å²) in [5.74, 6) is 1.42. The van der Waals surface area contributed by atoms with Crippen molar-refractivity contribution < 1.29 is 4.74 Å². The van der Waals surface area contributed by atoms with E-state index in [-0.39, 0.29) is 0 Å². The number of benzene rings is 1. The maximum Gasteiger partial charge on any atom is 0.120 e. The first-order valence-electron chi connectivity index (χ1n) is 4.87. The highest BCUT2D eigenvalue weighted by Crippen LogP contribution is 2.22. The molecule has 0 aliphatic heterocycles. The molecule has 84 valence electrons. The van der Waals surface area contributed by atoms with Crippen LogP contribution in [0.1, 0.15) is 5.56 Å². The average molecular weight is 248 g/mol. The Bertz CT molecular complexity index is 305. The molecule has 0 unspecified atom stereocenters. The fourth-order valence-electron chi connectivity index (χ4n) is 1.27. The Morgan fingerprint density at radius 3 is 2.73 bits per heavy atom. The molecule has 0 atom stereocenters. The maximum atomic E-state index is 6.09. The van der Waals surface area contributed by atoms with Gasteiger partial charge in [-0.3, -0.25) is 0 Å². The van der Waals surface area contributed by atoms with Gasteiger partial charge in [0.2, 0.25) is 0 Å². The molecule has 0 bridgehead atoms. The van der Waals surface area contributed by atoms with Gasteiger partial charge in [0.15, 0.2) is 0 Å². The standard InChI is InChI=1S/C11H15Cl2NO/c1-15-10-3-2-9(11(13)8-10)4-6-14-7-5-12/h2-3,8,14H,4-7H2,1H3. The van der Waals surface area contributed by atoms with E-state index in [1.165, 1.54) is 0 Å². The minimum Gasteiger partial charge on any atom is -0.497 e. The summed E-state index contributed by atoms with van der Waals surface area (Å²) in [7, 11) is 1.63. The van der Waals surface area contributed by atoms with Crippen molar-refractivity contribution >= 4 is 23.2 Å². The SMILES string of the molecule is COc1ccc(CCNCCCl)c(Cl)c1. The van der Waals surface area contributed by atoms with Crippen molar-refractivity contribution in [2.75, 3.05) is 26.1 Å². The van der Waals surface area contributed by atoms with E-state index in [1.54, 1.807) is 7.11 Å². The molecular weight excluding hydrogens is 233 g/mol. The van der Waals surface area contributed by atoms with Crippen LogP contribution >= 0.6 is 23.2 Å². The van der Waals surface area contributed by atoms with Crippen molar-refractivity contribution in [1.82, 2.24) is 5.32 Å². The van der Waals surface area contributed by atoms with Gasteiger partial charge in [0.25, 0.3) is 0 Å². The number of nitrogens with one attached hydrogen (secondary N) is 1. The lowest BCUT2D eigenvalue weighted by Gasteiger charge is -2.07. The number of rotatable bonds is 6. The Hall–Kier alpha value is -0.440. The number of methoxy groups -OCH3 is 1. The van der Waals surface area contributed by atoms with Crippen LogP contribution in [0.15, 0.2) is 18.2 Å². The van der Waals surface area contributed by atoms with Crippen molar-refractivity contribution in [2.45, 2.75) is 6.42 Å². The van der Waals surface area contributed by atoms with Crippen LogP contribution < -0.4 is 10.1 Å².